The summed E-state index contributed by atoms with van der Waals surface area (Å²) in [5.74, 6) is 1.09. The third kappa shape index (κ3) is 2.78. The summed E-state index contributed by atoms with van der Waals surface area (Å²) in [6.07, 6.45) is 8.21. The minimum atomic E-state index is 0.508. The largest absolute Gasteiger partial charge is 0.469 e. The number of furan rings is 1. The lowest BCUT2D eigenvalue weighted by Gasteiger charge is -2.36. The highest BCUT2D eigenvalue weighted by Gasteiger charge is 2.31. The van der Waals surface area contributed by atoms with E-state index in [4.69, 9.17) is 4.42 Å². The molecule has 0 bridgehead atoms. The Kier molecular flexibility index (Phi) is 3.71. The van der Waals surface area contributed by atoms with Gasteiger partial charge in [0.15, 0.2) is 0 Å². The normalized spacial score (nSPS) is 30.3. The van der Waals surface area contributed by atoms with E-state index >= 15 is 0 Å². The molecule has 3 rings (SSSR count). The second kappa shape index (κ2) is 5.45. The van der Waals surface area contributed by atoms with Crippen LogP contribution in [0, 0.1) is 0 Å². The fourth-order valence-corrected chi connectivity index (χ4v) is 3.57. The quantitative estimate of drug-likeness (QED) is 0.887. The fourth-order valence-electron chi connectivity index (χ4n) is 3.57. The number of nitrogens with one attached hydrogen (secondary N) is 1. The molecule has 2 saturated heterocycles. The van der Waals surface area contributed by atoms with E-state index in [1.807, 2.05) is 6.07 Å². The molecule has 0 saturated carbocycles. The number of hydrogen-bond donors (Lipinski definition) is 1. The Morgan fingerprint density at radius 1 is 1.44 bits per heavy atom. The van der Waals surface area contributed by atoms with Crippen molar-refractivity contribution in [2.24, 2.45) is 0 Å². The van der Waals surface area contributed by atoms with Gasteiger partial charge in [0.2, 0.25) is 0 Å². The first-order valence-corrected chi connectivity index (χ1v) is 7.34. The Morgan fingerprint density at radius 3 is 3.22 bits per heavy atom. The molecular weight excluding hydrogens is 224 g/mol. The summed E-state index contributed by atoms with van der Waals surface area (Å²) >= 11 is 0. The van der Waals surface area contributed by atoms with Crippen molar-refractivity contribution in [2.75, 3.05) is 13.1 Å². The molecule has 3 nitrogen and oxygen atoms in total. The topological polar surface area (TPSA) is 28.4 Å². The van der Waals surface area contributed by atoms with Crippen LogP contribution in [-0.4, -0.2) is 36.1 Å². The smallest absolute Gasteiger partial charge is 0.105 e. The Hall–Kier alpha value is -0.800. The molecular formula is C15H24N2O. The van der Waals surface area contributed by atoms with Crippen LogP contribution in [0.15, 0.2) is 22.8 Å². The third-order valence-electron chi connectivity index (χ3n) is 4.43. The lowest BCUT2D eigenvalue weighted by atomic mass is 9.96. The van der Waals surface area contributed by atoms with Gasteiger partial charge < -0.3 is 14.6 Å². The molecule has 100 valence electrons. The monoisotopic (exact) mass is 248 g/mol. The fraction of sp³-hybridized carbons (Fsp3) is 0.733. The summed E-state index contributed by atoms with van der Waals surface area (Å²) in [5.41, 5.74) is 0. The van der Waals surface area contributed by atoms with Gasteiger partial charge in [0.1, 0.15) is 5.76 Å². The third-order valence-corrected chi connectivity index (χ3v) is 4.43. The van der Waals surface area contributed by atoms with Gasteiger partial charge in [-0.05, 0) is 57.8 Å². The molecule has 3 heteroatoms. The summed E-state index contributed by atoms with van der Waals surface area (Å²) < 4.78 is 5.41. The van der Waals surface area contributed by atoms with Crippen LogP contribution in [0.3, 0.4) is 0 Å². The molecule has 2 aliphatic heterocycles. The molecule has 1 aromatic heterocycles. The number of nitrogens with zero attached hydrogens (tertiary/aromatic N) is 1. The van der Waals surface area contributed by atoms with Crippen LogP contribution in [0.1, 0.15) is 38.4 Å². The minimum absolute atomic E-state index is 0.508. The van der Waals surface area contributed by atoms with Crippen molar-refractivity contribution in [3.05, 3.63) is 24.2 Å². The van der Waals surface area contributed by atoms with E-state index in [-0.39, 0.29) is 0 Å². The average molecular weight is 248 g/mol. The van der Waals surface area contributed by atoms with Gasteiger partial charge in [-0.1, -0.05) is 0 Å². The summed E-state index contributed by atoms with van der Waals surface area (Å²) in [6.45, 7) is 4.89. The second-order valence-corrected chi connectivity index (χ2v) is 5.90. The lowest BCUT2D eigenvalue weighted by molar-refractivity contribution is 0.161. The number of fused-ring (bicyclic) bond motifs is 1. The Labute approximate surface area is 110 Å². The lowest BCUT2D eigenvalue weighted by Crippen LogP contribution is -2.48. The minimum Gasteiger partial charge on any atom is -0.469 e. The van der Waals surface area contributed by atoms with Crippen molar-refractivity contribution >= 4 is 0 Å². The second-order valence-electron chi connectivity index (χ2n) is 5.90. The predicted molar refractivity (Wildman–Crippen MR) is 72.6 cm³/mol. The average Bonchev–Trinajstić information content (AvgIpc) is 2.98. The molecule has 0 aromatic carbocycles. The first-order chi connectivity index (χ1) is 8.81. The van der Waals surface area contributed by atoms with E-state index in [2.05, 4.69) is 23.2 Å². The molecule has 18 heavy (non-hydrogen) atoms. The van der Waals surface area contributed by atoms with Gasteiger partial charge in [0.05, 0.1) is 6.26 Å². The van der Waals surface area contributed by atoms with Crippen LogP contribution in [0.5, 0.6) is 0 Å². The van der Waals surface area contributed by atoms with Crippen LogP contribution in [0.2, 0.25) is 0 Å². The van der Waals surface area contributed by atoms with Gasteiger partial charge in [-0.3, -0.25) is 0 Å². The van der Waals surface area contributed by atoms with Gasteiger partial charge in [-0.15, -0.1) is 0 Å². The van der Waals surface area contributed by atoms with Crippen molar-refractivity contribution in [3.8, 4) is 0 Å². The molecule has 3 atom stereocenters. The molecule has 0 aliphatic carbocycles. The molecule has 0 amide bonds. The van der Waals surface area contributed by atoms with E-state index < -0.39 is 0 Å². The Bertz CT molecular complexity index is 363. The molecule has 2 fully saturated rings. The van der Waals surface area contributed by atoms with Crippen LogP contribution in [-0.2, 0) is 6.42 Å². The first-order valence-electron chi connectivity index (χ1n) is 7.34. The van der Waals surface area contributed by atoms with Gasteiger partial charge in [0.25, 0.3) is 0 Å². The molecule has 3 heterocycles. The van der Waals surface area contributed by atoms with E-state index in [1.54, 1.807) is 6.26 Å². The molecule has 1 aromatic rings. The standard InChI is InChI=1S/C15H24N2O/c1-12(10-15-5-3-9-18-15)16-13-6-8-17-7-2-4-14(17)11-13/h3,5,9,12-14,16H,2,4,6-8,10-11H2,1H3. The van der Waals surface area contributed by atoms with Crippen molar-refractivity contribution in [1.29, 1.82) is 0 Å². The highest BCUT2D eigenvalue weighted by Crippen LogP contribution is 2.27. The van der Waals surface area contributed by atoms with Crippen molar-refractivity contribution < 1.29 is 4.42 Å². The molecule has 0 radical (unpaired) electrons. The van der Waals surface area contributed by atoms with Crippen LogP contribution >= 0.6 is 0 Å². The predicted octanol–water partition coefficient (Wildman–Crippen LogP) is 2.43. The zero-order valence-corrected chi connectivity index (χ0v) is 11.3. The number of piperidine rings is 1. The molecule has 1 N–H and O–H groups in total. The van der Waals surface area contributed by atoms with Gasteiger partial charge in [0, 0.05) is 24.5 Å². The van der Waals surface area contributed by atoms with Crippen molar-refractivity contribution in [3.63, 3.8) is 0 Å². The molecule has 0 spiro atoms. The summed E-state index contributed by atoms with van der Waals surface area (Å²) in [4.78, 5) is 2.68. The van der Waals surface area contributed by atoms with Crippen LogP contribution < -0.4 is 5.32 Å². The van der Waals surface area contributed by atoms with E-state index in [0.29, 0.717) is 12.1 Å². The zero-order chi connectivity index (χ0) is 12.4. The SMILES string of the molecule is CC(Cc1ccco1)NC1CCN2CCCC2C1. The number of hydrogen-bond acceptors (Lipinski definition) is 3. The van der Waals surface area contributed by atoms with Crippen LogP contribution in [0.25, 0.3) is 0 Å². The summed E-state index contributed by atoms with van der Waals surface area (Å²) in [5, 5.41) is 3.78. The van der Waals surface area contributed by atoms with Gasteiger partial charge >= 0.3 is 0 Å². The Balaban J connectivity index is 1.47. The zero-order valence-electron chi connectivity index (χ0n) is 11.3. The highest BCUT2D eigenvalue weighted by atomic mass is 16.3. The first kappa shape index (κ1) is 12.2. The van der Waals surface area contributed by atoms with Crippen molar-refractivity contribution in [2.45, 2.75) is 57.2 Å². The van der Waals surface area contributed by atoms with Gasteiger partial charge in [-0.2, -0.15) is 0 Å². The van der Waals surface area contributed by atoms with Gasteiger partial charge in [-0.25, -0.2) is 0 Å². The molecule has 2 aliphatic rings. The number of rotatable bonds is 4. The maximum Gasteiger partial charge on any atom is 0.105 e. The Morgan fingerprint density at radius 2 is 2.39 bits per heavy atom. The van der Waals surface area contributed by atoms with E-state index in [1.165, 1.54) is 38.8 Å². The molecule has 3 unspecified atom stereocenters. The maximum absolute atomic E-state index is 5.41. The van der Waals surface area contributed by atoms with E-state index in [9.17, 15) is 0 Å². The summed E-state index contributed by atoms with van der Waals surface area (Å²) in [7, 11) is 0. The van der Waals surface area contributed by atoms with E-state index in [0.717, 1.165) is 18.2 Å². The highest BCUT2D eigenvalue weighted by molar-refractivity contribution is 5.00. The van der Waals surface area contributed by atoms with Crippen molar-refractivity contribution in [1.82, 2.24) is 10.2 Å². The maximum atomic E-state index is 5.41. The van der Waals surface area contributed by atoms with Crippen LogP contribution in [0.4, 0.5) is 0 Å². The summed E-state index contributed by atoms with van der Waals surface area (Å²) in [6, 6.07) is 6.10.